The van der Waals surface area contributed by atoms with E-state index in [1.807, 2.05) is 60.7 Å². The van der Waals surface area contributed by atoms with Crippen LogP contribution in [-0.4, -0.2) is 25.0 Å². The van der Waals surface area contributed by atoms with Crippen LogP contribution in [0.4, 0.5) is 0 Å². The van der Waals surface area contributed by atoms with Crippen molar-refractivity contribution in [1.82, 2.24) is 19.9 Å². The Bertz CT molecular complexity index is 1170. The highest BCUT2D eigenvalue weighted by Gasteiger charge is 2.09. The average Bonchev–Trinajstić information content (AvgIpc) is 3.38. The van der Waals surface area contributed by atoms with Crippen LogP contribution in [0.15, 0.2) is 40.9 Å². The van der Waals surface area contributed by atoms with Crippen molar-refractivity contribution in [1.29, 1.82) is 0 Å². The van der Waals surface area contributed by atoms with Gasteiger partial charge in [-0.05, 0) is 76.6 Å². The van der Waals surface area contributed by atoms with Crippen molar-refractivity contribution < 1.29 is 5.11 Å². The zero-order chi connectivity index (χ0) is 17.7. The molecule has 0 spiro atoms. The monoisotopic (exact) mass is 404 g/mol. The zero-order valence-corrected chi connectivity index (χ0v) is 15.1. The second-order valence-corrected chi connectivity index (χ2v) is 6.94. The summed E-state index contributed by atoms with van der Waals surface area (Å²) < 4.78 is 0.605. The molecule has 2 aliphatic heterocycles. The topological polar surface area (TPSA) is 77.6 Å². The third kappa shape index (κ3) is 2.64. The Morgan fingerprint density at radius 2 is 1.19 bits per heavy atom. The van der Waals surface area contributed by atoms with Gasteiger partial charge in [0.25, 0.3) is 0 Å². The normalized spacial score (nSPS) is 12.7. The molecule has 0 amide bonds. The molecule has 5 rings (SSSR count). The number of aromatic amines is 2. The highest BCUT2D eigenvalue weighted by Crippen LogP contribution is 2.33. The number of halogens is 1. The molecule has 5 nitrogen and oxygen atoms in total. The standard InChI is InChI=1S/C20H13BrN4O/c21-19-17-9-15-5-3-13(23-15)7-11-1-2-12(22-11)8-14-4-6-16(24-14)10-18(25-17)20(19)26/h1-10,22,25-26H. The van der Waals surface area contributed by atoms with Gasteiger partial charge in [-0.25, -0.2) is 9.97 Å². The molecule has 5 heterocycles. The van der Waals surface area contributed by atoms with Gasteiger partial charge < -0.3 is 15.1 Å². The van der Waals surface area contributed by atoms with Crippen molar-refractivity contribution in [2.45, 2.75) is 0 Å². The highest BCUT2D eigenvalue weighted by atomic mass is 79.9. The Labute approximate surface area is 156 Å². The smallest absolute Gasteiger partial charge is 0.155 e. The first-order chi connectivity index (χ1) is 12.6. The van der Waals surface area contributed by atoms with E-state index in [0.717, 1.165) is 39.3 Å². The summed E-state index contributed by atoms with van der Waals surface area (Å²) in [7, 11) is 0. The van der Waals surface area contributed by atoms with Gasteiger partial charge in [-0.3, -0.25) is 0 Å². The van der Waals surface area contributed by atoms with E-state index in [0.29, 0.717) is 9.99 Å². The molecule has 3 aromatic rings. The maximum Gasteiger partial charge on any atom is 0.155 e. The van der Waals surface area contributed by atoms with Crippen LogP contribution in [0.2, 0.25) is 0 Å². The molecule has 126 valence electrons. The SMILES string of the molecule is Oc1c(Br)c2cc3nc(cc4ccc(cc5nc(cc1[nH]2)C=C5)[nH]4)C=C3. The van der Waals surface area contributed by atoms with E-state index in [2.05, 4.69) is 35.9 Å². The molecule has 26 heavy (non-hydrogen) atoms. The van der Waals surface area contributed by atoms with Gasteiger partial charge in [0.15, 0.2) is 5.75 Å². The first-order valence-electron chi connectivity index (χ1n) is 8.10. The van der Waals surface area contributed by atoms with Gasteiger partial charge in [0, 0.05) is 11.0 Å². The lowest BCUT2D eigenvalue weighted by atomic mass is 10.3. The van der Waals surface area contributed by atoms with Crippen molar-refractivity contribution in [3.63, 3.8) is 0 Å². The van der Waals surface area contributed by atoms with Crippen LogP contribution in [0.25, 0.3) is 46.4 Å². The fourth-order valence-corrected chi connectivity index (χ4v) is 3.46. The molecular formula is C20H13BrN4O. The van der Waals surface area contributed by atoms with Gasteiger partial charge in [-0.2, -0.15) is 0 Å². The maximum atomic E-state index is 10.4. The second-order valence-electron chi connectivity index (χ2n) is 6.15. The fourth-order valence-electron chi connectivity index (χ4n) is 3.03. The van der Waals surface area contributed by atoms with Crippen LogP contribution in [0.1, 0.15) is 22.8 Å². The lowest BCUT2D eigenvalue weighted by Crippen LogP contribution is -1.75. The largest absolute Gasteiger partial charge is 0.505 e. The molecule has 0 saturated heterocycles. The predicted molar refractivity (Wildman–Crippen MR) is 108 cm³/mol. The van der Waals surface area contributed by atoms with Gasteiger partial charge in [0.05, 0.1) is 38.3 Å². The minimum absolute atomic E-state index is 0.154. The number of nitrogens with one attached hydrogen (secondary N) is 2. The van der Waals surface area contributed by atoms with Crippen molar-refractivity contribution in [2.75, 3.05) is 0 Å². The Morgan fingerprint density at radius 1 is 0.692 bits per heavy atom. The lowest BCUT2D eigenvalue weighted by molar-refractivity contribution is 0.479. The zero-order valence-electron chi connectivity index (χ0n) is 13.5. The van der Waals surface area contributed by atoms with Crippen LogP contribution in [0, 0.1) is 0 Å². The Morgan fingerprint density at radius 3 is 1.77 bits per heavy atom. The molecule has 0 aliphatic carbocycles. The number of H-pyrrole nitrogens is 2. The van der Waals surface area contributed by atoms with E-state index in [-0.39, 0.29) is 5.75 Å². The van der Waals surface area contributed by atoms with Crippen molar-refractivity contribution in [2.24, 2.45) is 0 Å². The van der Waals surface area contributed by atoms with Crippen LogP contribution in [0.5, 0.6) is 5.75 Å². The fraction of sp³-hybridized carbons (Fsp3) is 0. The van der Waals surface area contributed by atoms with Crippen LogP contribution >= 0.6 is 15.9 Å². The molecule has 0 radical (unpaired) electrons. The molecule has 0 fully saturated rings. The number of nitrogens with zero attached hydrogens (tertiary/aromatic N) is 2. The molecule has 0 atom stereocenters. The summed E-state index contributed by atoms with van der Waals surface area (Å²) in [5, 5.41) is 10.4. The van der Waals surface area contributed by atoms with Gasteiger partial charge in [-0.1, -0.05) is 0 Å². The molecule has 3 N–H and O–H groups in total. The van der Waals surface area contributed by atoms with Gasteiger partial charge >= 0.3 is 0 Å². The molecule has 0 saturated carbocycles. The van der Waals surface area contributed by atoms with E-state index in [1.165, 1.54) is 0 Å². The van der Waals surface area contributed by atoms with Crippen LogP contribution in [0.3, 0.4) is 0 Å². The maximum absolute atomic E-state index is 10.4. The Kier molecular flexibility index (Phi) is 3.33. The molecule has 2 aliphatic rings. The summed E-state index contributed by atoms with van der Waals surface area (Å²) in [6, 6.07) is 11.7. The van der Waals surface area contributed by atoms with E-state index in [1.54, 1.807) is 0 Å². The first-order valence-corrected chi connectivity index (χ1v) is 8.89. The number of hydrogen-bond acceptors (Lipinski definition) is 3. The lowest BCUT2D eigenvalue weighted by Gasteiger charge is -1.86. The van der Waals surface area contributed by atoms with Crippen LogP contribution in [-0.2, 0) is 0 Å². The summed E-state index contributed by atoms with van der Waals surface area (Å²) in [5.74, 6) is 0.154. The van der Waals surface area contributed by atoms with Crippen molar-refractivity contribution >= 4 is 62.3 Å². The van der Waals surface area contributed by atoms with E-state index >= 15 is 0 Å². The van der Waals surface area contributed by atoms with Gasteiger partial charge in [-0.15, -0.1) is 0 Å². The van der Waals surface area contributed by atoms with E-state index in [9.17, 15) is 5.11 Å². The number of aromatic hydroxyl groups is 1. The minimum Gasteiger partial charge on any atom is -0.505 e. The predicted octanol–water partition coefficient (Wildman–Crippen LogP) is 5.12. The molecule has 6 heteroatoms. The quantitative estimate of drug-likeness (QED) is 0.335. The highest BCUT2D eigenvalue weighted by molar-refractivity contribution is 9.10. The summed E-state index contributed by atoms with van der Waals surface area (Å²) in [6.07, 6.45) is 7.77. The molecule has 8 bridgehead atoms. The summed E-state index contributed by atoms with van der Waals surface area (Å²) in [4.78, 5) is 15.7. The van der Waals surface area contributed by atoms with E-state index < -0.39 is 0 Å². The third-order valence-corrected chi connectivity index (χ3v) is 5.06. The Balaban J connectivity index is 1.89. The van der Waals surface area contributed by atoms with Crippen LogP contribution < -0.4 is 0 Å². The molecule has 0 unspecified atom stereocenters. The second kappa shape index (κ2) is 5.71. The number of aromatic nitrogens is 4. The number of fused-ring (bicyclic) bond motifs is 8. The number of hydrogen-bond donors (Lipinski definition) is 3. The summed E-state index contributed by atoms with van der Waals surface area (Å²) in [5.41, 5.74) is 6.60. The first kappa shape index (κ1) is 15.2. The molecule has 3 aromatic heterocycles. The van der Waals surface area contributed by atoms with Crippen molar-refractivity contribution in [3.05, 3.63) is 63.6 Å². The molecular weight excluding hydrogens is 392 g/mol. The summed E-state index contributed by atoms with van der Waals surface area (Å²) in [6.45, 7) is 0. The minimum atomic E-state index is 0.154. The Hall–Kier alpha value is -3.12. The third-order valence-electron chi connectivity index (χ3n) is 4.26. The van der Waals surface area contributed by atoms with Gasteiger partial charge in [0.1, 0.15) is 0 Å². The van der Waals surface area contributed by atoms with Gasteiger partial charge in [0.2, 0.25) is 0 Å². The summed E-state index contributed by atoms with van der Waals surface area (Å²) >= 11 is 3.44. The number of rotatable bonds is 0. The van der Waals surface area contributed by atoms with Crippen molar-refractivity contribution in [3.8, 4) is 5.75 Å². The van der Waals surface area contributed by atoms with E-state index in [4.69, 9.17) is 0 Å². The average molecular weight is 405 g/mol. The molecule has 0 aromatic carbocycles.